The number of furan rings is 1. The van der Waals surface area contributed by atoms with Crippen LogP contribution in [-0.4, -0.2) is 25.0 Å². The lowest BCUT2D eigenvalue weighted by atomic mass is 10.1. The minimum atomic E-state index is -0.559. The first-order valence-electron chi connectivity index (χ1n) is 9.51. The van der Waals surface area contributed by atoms with E-state index in [-0.39, 0.29) is 19.0 Å². The minimum absolute atomic E-state index is 0.107. The molecule has 0 atom stereocenters. The van der Waals surface area contributed by atoms with E-state index in [9.17, 15) is 9.59 Å². The molecule has 0 aliphatic carbocycles. The standard InChI is InChI=1S/C22H24N2O5/c1-3-15-9-11-16(12-10-15)28-14-20(25)23-24-22(26)21-18(13-27-4-2)17-7-5-6-8-19(17)29-21/h5-12H,3-4,13-14H2,1-2H3,(H,23,25)(H,24,26). The van der Waals surface area contributed by atoms with Crippen molar-refractivity contribution >= 4 is 22.8 Å². The van der Waals surface area contributed by atoms with E-state index >= 15 is 0 Å². The Bertz CT molecular complexity index is 979. The van der Waals surface area contributed by atoms with E-state index < -0.39 is 11.8 Å². The normalized spacial score (nSPS) is 10.7. The number of benzene rings is 2. The number of fused-ring (bicyclic) bond motifs is 1. The molecule has 0 fully saturated rings. The lowest BCUT2D eigenvalue weighted by Crippen LogP contribution is -2.44. The number of ether oxygens (including phenoxy) is 2. The molecule has 3 rings (SSSR count). The maximum atomic E-state index is 12.5. The van der Waals surface area contributed by atoms with E-state index in [1.54, 1.807) is 18.2 Å². The predicted molar refractivity (Wildman–Crippen MR) is 108 cm³/mol. The number of para-hydroxylation sites is 1. The van der Waals surface area contributed by atoms with Gasteiger partial charge in [0.25, 0.3) is 5.91 Å². The van der Waals surface area contributed by atoms with Gasteiger partial charge in [0.15, 0.2) is 12.4 Å². The molecule has 0 saturated carbocycles. The van der Waals surface area contributed by atoms with Crippen LogP contribution in [0.25, 0.3) is 11.0 Å². The molecule has 0 aliphatic rings. The first-order chi connectivity index (χ1) is 14.1. The summed E-state index contributed by atoms with van der Waals surface area (Å²) in [6, 6.07) is 14.8. The van der Waals surface area contributed by atoms with E-state index in [1.807, 2.05) is 37.3 Å². The molecule has 29 heavy (non-hydrogen) atoms. The number of hydrogen-bond donors (Lipinski definition) is 2. The quantitative estimate of drug-likeness (QED) is 0.570. The van der Waals surface area contributed by atoms with Gasteiger partial charge in [0.1, 0.15) is 11.3 Å². The Kier molecular flexibility index (Phi) is 6.86. The van der Waals surface area contributed by atoms with Crippen molar-refractivity contribution in [1.82, 2.24) is 10.9 Å². The molecular formula is C22H24N2O5. The topological polar surface area (TPSA) is 89.8 Å². The summed E-state index contributed by atoms with van der Waals surface area (Å²) in [5, 5.41) is 0.802. The summed E-state index contributed by atoms with van der Waals surface area (Å²) in [5.74, 6) is -0.354. The number of hydrazine groups is 1. The number of nitrogens with one attached hydrogen (secondary N) is 2. The third-order valence-corrected chi connectivity index (χ3v) is 4.37. The third kappa shape index (κ3) is 5.14. The maximum absolute atomic E-state index is 12.5. The van der Waals surface area contributed by atoms with Crippen molar-refractivity contribution in [3.63, 3.8) is 0 Å². The second-order valence-electron chi connectivity index (χ2n) is 6.33. The number of amides is 2. The monoisotopic (exact) mass is 396 g/mol. The van der Waals surface area contributed by atoms with Gasteiger partial charge >= 0.3 is 5.91 Å². The van der Waals surface area contributed by atoms with Crippen LogP contribution in [0.5, 0.6) is 5.75 Å². The molecule has 0 aliphatic heterocycles. The number of hydrogen-bond acceptors (Lipinski definition) is 5. The summed E-state index contributed by atoms with van der Waals surface area (Å²) < 4.78 is 16.5. The summed E-state index contributed by atoms with van der Waals surface area (Å²) in [6.07, 6.45) is 0.930. The number of carbonyl (C=O) groups is 2. The third-order valence-electron chi connectivity index (χ3n) is 4.37. The number of rotatable bonds is 8. The van der Waals surface area contributed by atoms with Crippen LogP contribution >= 0.6 is 0 Å². The van der Waals surface area contributed by atoms with Crippen LogP contribution in [0.4, 0.5) is 0 Å². The minimum Gasteiger partial charge on any atom is -0.484 e. The Morgan fingerprint density at radius 2 is 1.76 bits per heavy atom. The number of carbonyl (C=O) groups excluding carboxylic acids is 2. The summed E-state index contributed by atoms with van der Waals surface area (Å²) in [6.45, 7) is 4.46. The highest BCUT2D eigenvalue weighted by Crippen LogP contribution is 2.26. The van der Waals surface area contributed by atoms with Crippen LogP contribution in [0.15, 0.2) is 52.9 Å². The molecule has 152 valence electrons. The average molecular weight is 396 g/mol. The molecule has 0 radical (unpaired) electrons. The highest BCUT2D eigenvalue weighted by molar-refractivity contribution is 5.99. The molecule has 1 aromatic heterocycles. The fraction of sp³-hybridized carbons (Fsp3) is 0.273. The van der Waals surface area contributed by atoms with Gasteiger partial charge in [-0.25, -0.2) is 0 Å². The van der Waals surface area contributed by atoms with Crippen LogP contribution in [0.2, 0.25) is 0 Å². The molecule has 0 spiro atoms. The fourth-order valence-corrected chi connectivity index (χ4v) is 2.82. The zero-order valence-electron chi connectivity index (χ0n) is 16.5. The van der Waals surface area contributed by atoms with Crippen molar-refractivity contribution in [1.29, 1.82) is 0 Å². The maximum Gasteiger partial charge on any atom is 0.305 e. The lowest BCUT2D eigenvalue weighted by Gasteiger charge is -2.09. The smallest absolute Gasteiger partial charge is 0.305 e. The summed E-state index contributed by atoms with van der Waals surface area (Å²) >= 11 is 0. The molecule has 2 N–H and O–H groups in total. The Hall–Kier alpha value is -3.32. The second-order valence-corrected chi connectivity index (χ2v) is 6.33. The van der Waals surface area contributed by atoms with E-state index in [2.05, 4.69) is 17.8 Å². The SMILES string of the molecule is CCOCc1c(C(=O)NNC(=O)COc2ccc(CC)cc2)oc2ccccc12. The molecular weight excluding hydrogens is 372 g/mol. The molecule has 7 nitrogen and oxygen atoms in total. The predicted octanol–water partition coefficient (Wildman–Crippen LogP) is 3.37. The lowest BCUT2D eigenvalue weighted by molar-refractivity contribution is -0.123. The molecule has 2 aromatic carbocycles. The van der Waals surface area contributed by atoms with Crippen molar-refractivity contribution in [2.75, 3.05) is 13.2 Å². The van der Waals surface area contributed by atoms with Crippen LogP contribution in [0.1, 0.15) is 35.5 Å². The molecule has 0 saturated heterocycles. The summed E-state index contributed by atoms with van der Waals surface area (Å²) in [5.41, 5.74) is 7.10. The largest absolute Gasteiger partial charge is 0.484 e. The molecule has 3 aromatic rings. The van der Waals surface area contributed by atoms with Gasteiger partial charge in [-0.2, -0.15) is 0 Å². The molecule has 0 bridgehead atoms. The molecule has 2 amide bonds. The Morgan fingerprint density at radius 3 is 2.48 bits per heavy atom. The van der Waals surface area contributed by atoms with Gasteiger partial charge in [0, 0.05) is 17.6 Å². The van der Waals surface area contributed by atoms with E-state index in [4.69, 9.17) is 13.9 Å². The highest BCUT2D eigenvalue weighted by atomic mass is 16.5. The van der Waals surface area contributed by atoms with Gasteiger partial charge in [0.05, 0.1) is 6.61 Å². The van der Waals surface area contributed by atoms with Crippen molar-refractivity contribution in [2.45, 2.75) is 26.9 Å². The average Bonchev–Trinajstić information content (AvgIpc) is 3.13. The van der Waals surface area contributed by atoms with E-state index in [0.717, 1.165) is 11.8 Å². The fourth-order valence-electron chi connectivity index (χ4n) is 2.82. The van der Waals surface area contributed by atoms with Crippen molar-refractivity contribution in [2.24, 2.45) is 0 Å². The first kappa shape index (κ1) is 20.4. The Balaban J connectivity index is 1.59. The van der Waals surface area contributed by atoms with Crippen molar-refractivity contribution in [3.8, 4) is 5.75 Å². The zero-order valence-corrected chi connectivity index (χ0v) is 16.5. The Labute approximate surface area is 169 Å². The first-order valence-corrected chi connectivity index (χ1v) is 9.51. The molecule has 1 heterocycles. The van der Waals surface area contributed by atoms with E-state index in [1.165, 1.54) is 5.56 Å². The van der Waals surface area contributed by atoms with Gasteiger partial charge in [0.2, 0.25) is 0 Å². The second kappa shape index (κ2) is 9.75. The van der Waals surface area contributed by atoms with Crippen LogP contribution in [0.3, 0.4) is 0 Å². The van der Waals surface area contributed by atoms with Crippen LogP contribution in [-0.2, 0) is 22.6 Å². The number of aryl methyl sites for hydroxylation is 1. The van der Waals surface area contributed by atoms with Gasteiger partial charge < -0.3 is 13.9 Å². The Morgan fingerprint density at radius 1 is 1.00 bits per heavy atom. The summed E-state index contributed by atoms with van der Waals surface area (Å²) in [7, 11) is 0. The highest BCUT2D eigenvalue weighted by Gasteiger charge is 2.21. The van der Waals surface area contributed by atoms with Gasteiger partial charge in [-0.3, -0.25) is 20.4 Å². The zero-order chi connectivity index (χ0) is 20.6. The van der Waals surface area contributed by atoms with Crippen molar-refractivity contribution < 1.29 is 23.5 Å². The van der Waals surface area contributed by atoms with Crippen LogP contribution in [0, 0.1) is 0 Å². The van der Waals surface area contributed by atoms with Gasteiger partial charge in [-0.05, 0) is 37.1 Å². The molecule has 0 unspecified atom stereocenters. The van der Waals surface area contributed by atoms with E-state index in [0.29, 0.717) is 23.5 Å². The van der Waals surface area contributed by atoms with Gasteiger partial charge in [-0.15, -0.1) is 0 Å². The van der Waals surface area contributed by atoms with Gasteiger partial charge in [-0.1, -0.05) is 37.3 Å². The molecule has 7 heteroatoms. The van der Waals surface area contributed by atoms with Crippen LogP contribution < -0.4 is 15.6 Å². The van der Waals surface area contributed by atoms with Crippen molar-refractivity contribution in [3.05, 3.63) is 65.4 Å². The summed E-state index contributed by atoms with van der Waals surface area (Å²) in [4.78, 5) is 24.5.